The lowest BCUT2D eigenvalue weighted by Gasteiger charge is -2.19. The zero-order valence-electron chi connectivity index (χ0n) is 17.1. The van der Waals surface area contributed by atoms with E-state index in [0.717, 1.165) is 18.8 Å². The molecule has 0 saturated carbocycles. The van der Waals surface area contributed by atoms with Crippen LogP contribution in [0.25, 0.3) is 0 Å². The molecule has 1 aliphatic rings. The third-order valence-electron chi connectivity index (χ3n) is 5.15. The van der Waals surface area contributed by atoms with E-state index >= 15 is 0 Å². The second kappa shape index (κ2) is 11.6. The third-order valence-corrected chi connectivity index (χ3v) is 8.24. The Kier molecular flexibility index (Phi) is 8.33. The summed E-state index contributed by atoms with van der Waals surface area (Å²) in [4.78, 5) is 0. The van der Waals surface area contributed by atoms with Crippen molar-refractivity contribution in [2.75, 3.05) is 6.61 Å². The van der Waals surface area contributed by atoms with Gasteiger partial charge in [-0.05, 0) is 23.1 Å². The van der Waals surface area contributed by atoms with Crippen LogP contribution in [-0.2, 0) is 28.4 Å². The Balaban J connectivity index is 1.31. The van der Waals surface area contributed by atoms with Gasteiger partial charge in [-0.25, -0.2) is 0 Å². The van der Waals surface area contributed by atoms with Crippen LogP contribution >= 0.6 is 23.5 Å². The molecule has 1 aliphatic heterocycles. The van der Waals surface area contributed by atoms with Gasteiger partial charge < -0.3 is 9.47 Å². The SMILES string of the molecule is c1ccc(COC[C@@H]2S[C@@H](SCc3ccccc3)C[C@@H]2OCc2ccccc2)cc1. The summed E-state index contributed by atoms with van der Waals surface area (Å²) in [6.45, 7) is 2.05. The average molecular weight is 437 g/mol. The first-order valence-corrected chi connectivity index (χ1v) is 12.4. The molecular formula is C26H28O2S2. The summed E-state index contributed by atoms with van der Waals surface area (Å²) < 4.78 is 13.0. The summed E-state index contributed by atoms with van der Waals surface area (Å²) >= 11 is 4.04. The topological polar surface area (TPSA) is 18.5 Å². The number of hydrogen-bond acceptors (Lipinski definition) is 4. The number of thioether (sulfide) groups is 2. The van der Waals surface area contributed by atoms with E-state index in [-0.39, 0.29) is 6.10 Å². The van der Waals surface area contributed by atoms with Crippen LogP contribution in [0.5, 0.6) is 0 Å². The summed E-state index contributed by atoms with van der Waals surface area (Å²) in [6, 6.07) is 31.6. The fourth-order valence-electron chi connectivity index (χ4n) is 3.52. The minimum atomic E-state index is 0.222. The minimum absolute atomic E-state index is 0.222. The number of rotatable bonds is 10. The van der Waals surface area contributed by atoms with Crippen molar-refractivity contribution in [3.63, 3.8) is 0 Å². The van der Waals surface area contributed by atoms with Gasteiger partial charge in [-0.3, -0.25) is 0 Å². The molecule has 1 fully saturated rings. The molecule has 0 unspecified atom stereocenters. The first kappa shape index (κ1) is 21.5. The monoisotopic (exact) mass is 436 g/mol. The molecule has 3 atom stereocenters. The maximum atomic E-state index is 6.37. The van der Waals surface area contributed by atoms with Gasteiger partial charge in [-0.15, -0.1) is 23.5 Å². The largest absolute Gasteiger partial charge is 0.376 e. The third kappa shape index (κ3) is 6.64. The molecule has 0 aliphatic carbocycles. The number of ether oxygens (including phenoxy) is 2. The van der Waals surface area contributed by atoms with Crippen LogP contribution in [-0.4, -0.2) is 22.5 Å². The fourth-order valence-corrected chi connectivity index (χ4v) is 6.59. The van der Waals surface area contributed by atoms with E-state index in [1.807, 2.05) is 35.7 Å². The molecule has 3 aromatic carbocycles. The van der Waals surface area contributed by atoms with Gasteiger partial charge in [-0.2, -0.15) is 0 Å². The Bertz CT molecular complexity index is 858. The predicted molar refractivity (Wildman–Crippen MR) is 129 cm³/mol. The van der Waals surface area contributed by atoms with Crippen molar-refractivity contribution in [2.24, 2.45) is 0 Å². The van der Waals surface area contributed by atoms with Crippen LogP contribution in [0.2, 0.25) is 0 Å². The highest BCUT2D eigenvalue weighted by Gasteiger charge is 2.36. The first-order valence-electron chi connectivity index (χ1n) is 10.4. The standard InChI is InChI=1S/C26H28O2S2/c1-4-10-21(11-5-1)17-27-19-25-24(28-18-22-12-6-2-7-13-22)16-26(30-25)29-20-23-14-8-3-9-15-23/h1-15,24-26H,16-20H2/t24-,25-,26+/m0/s1. The molecule has 2 nitrogen and oxygen atoms in total. The lowest BCUT2D eigenvalue weighted by molar-refractivity contribution is 0.0168. The lowest BCUT2D eigenvalue weighted by atomic mass is 10.2. The number of hydrogen-bond donors (Lipinski definition) is 0. The van der Waals surface area contributed by atoms with Crippen LogP contribution < -0.4 is 0 Å². The van der Waals surface area contributed by atoms with Gasteiger partial charge in [0.2, 0.25) is 0 Å². The van der Waals surface area contributed by atoms with Crippen molar-refractivity contribution in [1.29, 1.82) is 0 Å². The van der Waals surface area contributed by atoms with E-state index in [2.05, 4.69) is 78.9 Å². The van der Waals surface area contributed by atoms with Crippen molar-refractivity contribution in [2.45, 2.75) is 41.3 Å². The zero-order chi connectivity index (χ0) is 20.4. The normalized spacial score (nSPS) is 21.0. The fraction of sp³-hybridized carbons (Fsp3) is 0.308. The van der Waals surface area contributed by atoms with Crippen molar-refractivity contribution in [3.05, 3.63) is 108 Å². The van der Waals surface area contributed by atoms with Gasteiger partial charge in [-0.1, -0.05) is 91.0 Å². The van der Waals surface area contributed by atoms with E-state index in [1.54, 1.807) is 0 Å². The summed E-state index contributed by atoms with van der Waals surface area (Å²) in [5.41, 5.74) is 3.83. The summed E-state index contributed by atoms with van der Waals surface area (Å²) in [5, 5.41) is 0.366. The summed E-state index contributed by atoms with van der Waals surface area (Å²) in [7, 11) is 0. The van der Waals surface area contributed by atoms with Gasteiger partial charge in [0.25, 0.3) is 0 Å². The smallest absolute Gasteiger partial charge is 0.0739 e. The van der Waals surface area contributed by atoms with Crippen LogP contribution in [0.1, 0.15) is 23.1 Å². The molecule has 0 spiro atoms. The average Bonchev–Trinajstić information content (AvgIpc) is 3.20. The second-order valence-corrected chi connectivity index (χ2v) is 10.4. The highest BCUT2D eigenvalue weighted by atomic mass is 32.2. The van der Waals surface area contributed by atoms with Crippen molar-refractivity contribution in [1.82, 2.24) is 0 Å². The van der Waals surface area contributed by atoms with Gasteiger partial charge in [0.05, 0.1) is 35.8 Å². The van der Waals surface area contributed by atoms with E-state index < -0.39 is 0 Å². The van der Waals surface area contributed by atoms with E-state index in [9.17, 15) is 0 Å². The molecule has 4 rings (SSSR count). The Morgan fingerprint density at radius 1 is 0.733 bits per heavy atom. The van der Waals surface area contributed by atoms with E-state index in [1.165, 1.54) is 16.7 Å². The highest BCUT2D eigenvalue weighted by molar-refractivity contribution is 8.17. The Hall–Kier alpha value is -1.72. The summed E-state index contributed by atoms with van der Waals surface area (Å²) in [6.07, 6.45) is 1.29. The molecular weight excluding hydrogens is 408 g/mol. The lowest BCUT2D eigenvalue weighted by Crippen LogP contribution is -2.26. The first-order chi connectivity index (χ1) is 14.9. The molecule has 156 valence electrons. The van der Waals surface area contributed by atoms with Crippen molar-refractivity contribution >= 4 is 23.5 Å². The molecule has 1 heterocycles. The molecule has 0 N–H and O–H groups in total. The van der Waals surface area contributed by atoms with Crippen molar-refractivity contribution in [3.8, 4) is 0 Å². The molecule has 30 heavy (non-hydrogen) atoms. The molecule has 1 saturated heterocycles. The van der Waals surface area contributed by atoms with Crippen molar-refractivity contribution < 1.29 is 9.47 Å². The molecule has 0 amide bonds. The quantitative estimate of drug-likeness (QED) is 0.358. The van der Waals surface area contributed by atoms with Crippen LogP contribution in [0, 0.1) is 0 Å². The Morgan fingerprint density at radius 2 is 1.30 bits per heavy atom. The van der Waals surface area contributed by atoms with Crippen LogP contribution in [0.4, 0.5) is 0 Å². The molecule has 4 heteroatoms. The van der Waals surface area contributed by atoms with Gasteiger partial charge >= 0.3 is 0 Å². The van der Waals surface area contributed by atoms with Crippen LogP contribution in [0.3, 0.4) is 0 Å². The highest BCUT2D eigenvalue weighted by Crippen LogP contribution is 2.43. The second-order valence-electron chi connectivity index (χ2n) is 7.47. The predicted octanol–water partition coefficient (Wildman–Crippen LogP) is 6.55. The zero-order valence-corrected chi connectivity index (χ0v) is 18.7. The molecule has 0 radical (unpaired) electrons. The molecule has 0 bridgehead atoms. The van der Waals surface area contributed by atoms with Crippen LogP contribution in [0.15, 0.2) is 91.0 Å². The maximum absolute atomic E-state index is 6.37. The number of benzene rings is 3. The Labute approximate surface area is 188 Å². The minimum Gasteiger partial charge on any atom is -0.376 e. The maximum Gasteiger partial charge on any atom is 0.0739 e. The Morgan fingerprint density at radius 3 is 1.93 bits per heavy atom. The van der Waals surface area contributed by atoms with E-state index in [4.69, 9.17) is 9.47 Å². The van der Waals surface area contributed by atoms with Gasteiger partial charge in [0, 0.05) is 5.75 Å². The van der Waals surface area contributed by atoms with Gasteiger partial charge in [0.1, 0.15) is 0 Å². The summed E-state index contributed by atoms with van der Waals surface area (Å²) in [5.74, 6) is 1.04. The van der Waals surface area contributed by atoms with Gasteiger partial charge in [0.15, 0.2) is 0 Å². The molecule has 3 aromatic rings. The molecule has 0 aromatic heterocycles. The van der Waals surface area contributed by atoms with E-state index in [0.29, 0.717) is 23.0 Å².